The van der Waals surface area contributed by atoms with Crippen molar-refractivity contribution in [2.45, 2.75) is 64.8 Å². The van der Waals surface area contributed by atoms with Crippen molar-refractivity contribution in [1.29, 1.82) is 0 Å². The van der Waals surface area contributed by atoms with E-state index in [4.69, 9.17) is 11.6 Å². The largest absolute Gasteiger partial charge is 0.313 e. The third kappa shape index (κ3) is 4.58. The molecule has 0 radical (unpaired) electrons. The normalized spacial score (nSPS) is 16.9. The van der Waals surface area contributed by atoms with E-state index in [1.807, 2.05) is 18.7 Å². The third-order valence-corrected chi connectivity index (χ3v) is 4.77. The van der Waals surface area contributed by atoms with Crippen molar-refractivity contribution >= 4 is 11.6 Å². The van der Waals surface area contributed by atoms with Gasteiger partial charge in [0.05, 0.1) is 16.4 Å². The van der Waals surface area contributed by atoms with Crippen molar-refractivity contribution < 1.29 is 0 Å². The molecule has 0 saturated heterocycles. The number of rotatable bonds is 7. The third-order valence-electron chi connectivity index (χ3n) is 4.28. The molecule has 0 aromatic carbocycles. The Morgan fingerprint density at radius 2 is 2.19 bits per heavy atom. The van der Waals surface area contributed by atoms with Gasteiger partial charge in [-0.3, -0.25) is 4.68 Å². The van der Waals surface area contributed by atoms with Gasteiger partial charge in [-0.15, -0.1) is 0 Å². The first kappa shape index (κ1) is 16.6. The van der Waals surface area contributed by atoms with Crippen molar-refractivity contribution in [2.24, 2.45) is 7.05 Å². The molecule has 0 aliphatic heterocycles. The number of hydrogen-bond acceptors (Lipinski definition) is 2. The molecule has 0 fully saturated rings. The fraction of sp³-hybridized carbons (Fsp3) is 0.706. The van der Waals surface area contributed by atoms with E-state index >= 15 is 0 Å². The summed E-state index contributed by atoms with van der Waals surface area (Å²) in [4.78, 5) is 0. The van der Waals surface area contributed by atoms with Crippen LogP contribution in [0.1, 0.15) is 56.8 Å². The highest BCUT2D eigenvalue weighted by Gasteiger charge is 2.18. The van der Waals surface area contributed by atoms with Gasteiger partial charge in [0.2, 0.25) is 0 Å². The van der Waals surface area contributed by atoms with E-state index in [2.05, 4.69) is 23.4 Å². The Labute approximate surface area is 133 Å². The summed E-state index contributed by atoms with van der Waals surface area (Å²) < 4.78 is 1.94. The van der Waals surface area contributed by atoms with Crippen LogP contribution in [0.15, 0.2) is 11.6 Å². The Morgan fingerprint density at radius 3 is 2.76 bits per heavy atom. The van der Waals surface area contributed by atoms with Crippen molar-refractivity contribution in [3.63, 3.8) is 0 Å². The van der Waals surface area contributed by atoms with Gasteiger partial charge in [-0.25, -0.2) is 0 Å². The summed E-state index contributed by atoms with van der Waals surface area (Å²) in [6.45, 7) is 5.25. The van der Waals surface area contributed by atoms with Gasteiger partial charge >= 0.3 is 0 Å². The minimum absolute atomic E-state index is 0.460. The highest BCUT2D eigenvalue weighted by molar-refractivity contribution is 6.31. The van der Waals surface area contributed by atoms with Crippen LogP contribution in [-0.4, -0.2) is 22.4 Å². The van der Waals surface area contributed by atoms with Crippen LogP contribution in [0.25, 0.3) is 0 Å². The monoisotopic (exact) mass is 309 g/mol. The molecular formula is C17H28ClN3. The van der Waals surface area contributed by atoms with E-state index in [0.717, 1.165) is 42.2 Å². The van der Waals surface area contributed by atoms with E-state index in [1.54, 1.807) is 5.57 Å². The number of hydrogen-bond donors (Lipinski definition) is 1. The first-order valence-corrected chi connectivity index (χ1v) is 8.58. The predicted molar refractivity (Wildman–Crippen MR) is 89.9 cm³/mol. The first-order chi connectivity index (χ1) is 10.1. The van der Waals surface area contributed by atoms with E-state index < -0.39 is 0 Å². The van der Waals surface area contributed by atoms with Crippen LogP contribution in [0.5, 0.6) is 0 Å². The standard InChI is InChI=1S/C17H28ClN3/c1-4-10-19-15(11-14-8-6-5-7-9-14)12-16-17(18)13(2)20-21(16)3/h8,15,19H,4-7,9-12H2,1-3H3. The fourth-order valence-electron chi connectivity index (χ4n) is 3.11. The maximum absolute atomic E-state index is 6.41. The molecular weight excluding hydrogens is 282 g/mol. The molecule has 2 rings (SSSR count). The molecule has 1 aliphatic carbocycles. The Bertz CT molecular complexity index is 490. The molecule has 1 unspecified atom stereocenters. The topological polar surface area (TPSA) is 29.9 Å². The van der Waals surface area contributed by atoms with Gasteiger partial charge < -0.3 is 5.32 Å². The lowest BCUT2D eigenvalue weighted by molar-refractivity contribution is 0.478. The minimum atomic E-state index is 0.460. The number of halogens is 1. The van der Waals surface area contributed by atoms with Gasteiger partial charge in [-0.1, -0.05) is 30.2 Å². The average Bonchev–Trinajstić information content (AvgIpc) is 2.72. The quantitative estimate of drug-likeness (QED) is 0.766. The minimum Gasteiger partial charge on any atom is -0.313 e. The van der Waals surface area contributed by atoms with Crippen molar-refractivity contribution in [2.75, 3.05) is 6.54 Å². The lowest BCUT2D eigenvalue weighted by atomic mass is 9.92. The summed E-state index contributed by atoms with van der Waals surface area (Å²) in [5, 5.41) is 8.95. The summed E-state index contributed by atoms with van der Waals surface area (Å²) >= 11 is 6.41. The molecule has 118 valence electrons. The maximum atomic E-state index is 6.41. The summed E-state index contributed by atoms with van der Waals surface area (Å²) in [5.41, 5.74) is 3.70. The zero-order valence-corrected chi connectivity index (χ0v) is 14.3. The highest BCUT2D eigenvalue weighted by atomic mass is 35.5. The van der Waals surface area contributed by atoms with Crippen molar-refractivity contribution in [3.05, 3.63) is 28.1 Å². The molecule has 21 heavy (non-hydrogen) atoms. The molecule has 3 nitrogen and oxygen atoms in total. The predicted octanol–water partition coefficient (Wildman–Crippen LogP) is 4.18. The lowest BCUT2D eigenvalue weighted by Gasteiger charge is -2.22. The highest BCUT2D eigenvalue weighted by Crippen LogP contribution is 2.25. The molecule has 0 spiro atoms. The number of nitrogens with zero attached hydrogens (tertiary/aromatic N) is 2. The number of nitrogens with one attached hydrogen (secondary N) is 1. The summed E-state index contributed by atoms with van der Waals surface area (Å²) in [6.07, 6.45) is 10.9. The Morgan fingerprint density at radius 1 is 1.38 bits per heavy atom. The first-order valence-electron chi connectivity index (χ1n) is 8.21. The van der Waals surface area contributed by atoms with Crippen LogP contribution in [0.2, 0.25) is 5.02 Å². The Balaban J connectivity index is 2.06. The SMILES string of the molecule is CCCNC(CC1=CCCCC1)Cc1c(Cl)c(C)nn1C. The molecule has 1 aromatic rings. The van der Waals surface area contributed by atoms with E-state index in [0.29, 0.717) is 6.04 Å². The van der Waals surface area contributed by atoms with E-state index in [1.165, 1.54) is 25.7 Å². The molecule has 0 bridgehead atoms. The van der Waals surface area contributed by atoms with Crippen LogP contribution in [0, 0.1) is 6.92 Å². The van der Waals surface area contributed by atoms with Gasteiger partial charge in [-0.05, 0) is 52.0 Å². The molecule has 0 saturated carbocycles. The van der Waals surface area contributed by atoms with E-state index in [-0.39, 0.29) is 0 Å². The molecule has 1 N–H and O–H groups in total. The van der Waals surface area contributed by atoms with Gasteiger partial charge in [0.15, 0.2) is 0 Å². The lowest BCUT2D eigenvalue weighted by Crippen LogP contribution is -2.33. The zero-order valence-electron chi connectivity index (χ0n) is 13.6. The van der Waals surface area contributed by atoms with Gasteiger partial charge in [0.1, 0.15) is 0 Å². The molecule has 1 aromatic heterocycles. The van der Waals surface area contributed by atoms with Gasteiger partial charge in [0, 0.05) is 19.5 Å². The smallest absolute Gasteiger partial charge is 0.0847 e. The summed E-state index contributed by atoms with van der Waals surface area (Å²) in [5.74, 6) is 0. The molecule has 4 heteroatoms. The molecule has 1 aliphatic rings. The Hall–Kier alpha value is -0.800. The van der Waals surface area contributed by atoms with Crippen LogP contribution >= 0.6 is 11.6 Å². The van der Waals surface area contributed by atoms with Gasteiger partial charge in [0.25, 0.3) is 0 Å². The van der Waals surface area contributed by atoms with Crippen LogP contribution in [-0.2, 0) is 13.5 Å². The van der Waals surface area contributed by atoms with Crippen LogP contribution in [0.3, 0.4) is 0 Å². The second kappa shape index (κ2) is 8.00. The van der Waals surface area contributed by atoms with Crippen molar-refractivity contribution in [3.8, 4) is 0 Å². The number of allylic oxidation sites excluding steroid dienone is 1. The maximum Gasteiger partial charge on any atom is 0.0847 e. The van der Waals surface area contributed by atoms with Gasteiger partial charge in [-0.2, -0.15) is 5.10 Å². The molecule has 0 amide bonds. The average molecular weight is 310 g/mol. The van der Waals surface area contributed by atoms with Crippen molar-refractivity contribution in [1.82, 2.24) is 15.1 Å². The second-order valence-electron chi connectivity index (χ2n) is 6.14. The summed E-state index contributed by atoms with van der Waals surface area (Å²) in [7, 11) is 1.99. The van der Waals surface area contributed by atoms with E-state index in [9.17, 15) is 0 Å². The zero-order chi connectivity index (χ0) is 15.2. The fourth-order valence-corrected chi connectivity index (χ4v) is 3.34. The summed E-state index contributed by atoms with van der Waals surface area (Å²) in [6, 6.07) is 0.460. The number of aromatic nitrogens is 2. The number of aryl methyl sites for hydroxylation is 2. The second-order valence-corrected chi connectivity index (χ2v) is 6.52. The van der Waals surface area contributed by atoms with Crippen LogP contribution < -0.4 is 5.32 Å². The molecule has 1 atom stereocenters. The Kier molecular flexibility index (Phi) is 6.31. The van der Waals surface area contributed by atoms with Crippen LogP contribution in [0.4, 0.5) is 0 Å². The molecule has 1 heterocycles.